The third kappa shape index (κ3) is 5.32. The van der Waals surface area contributed by atoms with Crippen LogP contribution >= 0.6 is 11.3 Å². The lowest BCUT2D eigenvalue weighted by Gasteiger charge is -2.06. The molecule has 29 heavy (non-hydrogen) atoms. The minimum absolute atomic E-state index is 0.00811. The van der Waals surface area contributed by atoms with Crippen LogP contribution in [0.4, 0.5) is 0 Å². The van der Waals surface area contributed by atoms with Crippen LogP contribution in [0.5, 0.6) is 5.75 Å². The molecule has 0 bridgehead atoms. The van der Waals surface area contributed by atoms with Crippen LogP contribution in [0.3, 0.4) is 0 Å². The highest BCUT2D eigenvalue weighted by atomic mass is 32.1. The van der Waals surface area contributed by atoms with Crippen molar-refractivity contribution in [3.8, 4) is 5.75 Å². The second kappa shape index (κ2) is 10.0. The molecule has 0 aliphatic rings. The Bertz CT molecular complexity index is 1050. The fourth-order valence-corrected chi connectivity index (χ4v) is 3.80. The number of para-hydroxylation sites is 1. The summed E-state index contributed by atoms with van der Waals surface area (Å²) in [6.07, 6.45) is 2.05. The zero-order chi connectivity index (χ0) is 20.6. The van der Waals surface area contributed by atoms with Crippen molar-refractivity contribution in [2.45, 2.75) is 33.2 Å². The van der Waals surface area contributed by atoms with Crippen LogP contribution in [0.25, 0.3) is 10.2 Å². The summed E-state index contributed by atoms with van der Waals surface area (Å²) in [6, 6.07) is 14.6. The number of hydrogen-bond acceptors (Lipinski definition) is 5. The summed E-state index contributed by atoms with van der Waals surface area (Å²) in [6.45, 7) is 4.84. The summed E-state index contributed by atoms with van der Waals surface area (Å²) in [5, 5.41) is 0. The van der Waals surface area contributed by atoms with Gasteiger partial charge in [0, 0.05) is 5.56 Å². The van der Waals surface area contributed by atoms with Crippen molar-refractivity contribution in [2.24, 2.45) is 4.99 Å². The van der Waals surface area contributed by atoms with Crippen molar-refractivity contribution in [3.63, 3.8) is 0 Å². The highest BCUT2D eigenvalue weighted by Gasteiger charge is 2.12. The summed E-state index contributed by atoms with van der Waals surface area (Å²) in [4.78, 5) is 29.5. The number of fused-ring (bicyclic) bond motifs is 1. The van der Waals surface area contributed by atoms with E-state index in [9.17, 15) is 9.59 Å². The number of amides is 1. The molecule has 0 atom stereocenters. The van der Waals surface area contributed by atoms with Crippen LogP contribution in [0.1, 0.15) is 37.0 Å². The van der Waals surface area contributed by atoms with Gasteiger partial charge in [-0.05, 0) is 49.7 Å². The first-order valence-corrected chi connectivity index (χ1v) is 10.5. The van der Waals surface area contributed by atoms with Gasteiger partial charge in [-0.25, -0.2) is 0 Å². The number of hydrogen-bond donors (Lipinski definition) is 0. The van der Waals surface area contributed by atoms with Gasteiger partial charge in [-0.1, -0.05) is 36.8 Å². The van der Waals surface area contributed by atoms with Gasteiger partial charge in [0.05, 0.1) is 23.4 Å². The number of unbranched alkanes of at least 4 members (excludes halogenated alkanes) is 1. The Hall–Kier alpha value is -2.93. The summed E-state index contributed by atoms with van der Waals surface area (Å²) >= 11 is 1.37. The summed E-state index contributed by atoms with van der Waals surface area (Å²) < 4.78 is 13.4. The summed E-state index contributed by atoms with van der Waals surface area (Å²) in [5.41, 5.74) is 1.31. The number of nitrogens with zero attached hydrogens (tertiary/aromatic N) is 2. The zero-order valence-electron chi connectivity index (χ0n) is 16.6. The molecule has 152 valence electrons. The van der Waals surface area contributed by atoms with E-state index in [0.29, 0.717) is 23.6 Å². The minimum atomic E-state index is -0.366. The van der Waals surface area contributed by atoms with Gasteiger partial charge in [-0.3, -0.25) is 9.59 Å². The van der Waals surface area contributed by atoms with E-state index in [1.165, 1.54) is 11.3 Å². The molecule has 0 fully saturated rings. The second-order valence-electron chi connectivity index (χ2n) is 6.39. The summed E-state index contributed by atoms with van der Waals surface area (Å²) in [5.74, 6) is 0.00189. The van der Waals surface area contributed by atoms with E-state index in [1.54, 1.807) is 35.8 Å². The van der Waals surface area contributed by atoms with Crippen LogP contribution in [0.15, 0.2) is 53.5 Å². The Labute approximate surface area is 173 Å². The van der Waals surface area contributed by atoms with Crippen LogP contribution in [0, 0.1) is 0 Å². The fourth-order valence-electron chi connectivity index (χ4n) is 2.77. The summed E-state index contributed by atoms with van der Waals surface area (Å²) in [7, 11) is 0. The molecule has 1 aromatic heterocycles. The molecule has 6 nitrogen and oxygen atoms in total. The molecule has 0 saturated heterocycles. The Morgan fingerprint density at radius 1 is 1.07 bits per heavy atom. The number of carbonyl (C=O) groups excluding carboxylic acids is 2. The van der Waals surface area contributed by atoms with Crippen LogP contribution in [-0.4, -0.2) is 29.7 Å². The van der Waals surface area contributed by atoms with E-state index in [2.05, 4.69) is 11.9 Å². The smallest absolute Gasteiger partial charge is 0.326 e. The van der Waals surface area contributed by atoms with Crippen LogP contribution in [0.2, 0.25) is 0 Å². The largest absolute Gasteiger partial charge is 0.494 e. The molecule has 0 N–H and O–H groups in total. The number of carbonyl (C=O) groups is 2. The number of aromatic nitrogens is 1. The first kappa shape index (κ1) is 20.8. The molecule has 0 aliphatic heterocycles. The van der Waals surface area contributed by atoms with Gasteiger partial charge in [0.2, 0.25) is 0 Å². The quantitative estimate of drug-likeness (QED) is 0.411. The Morgan fingerprint density at radius 2 is 1.83 bits per heavy atom. The lowest BCUT2D eigenvalue weighted by atomic mass is 10.2. The monoisotopic (exact) mass is 412 g/mol. The molecule has 1 amide bonds. The maximum Gasteiger partial charge on any atom is 0.326 e. The van der Waals surface area contributed by atoms with Crippen LogP contribution < -0.4 is 9.54 Å². The van der Waals surface area contributed by atoms with Gasteiger partial charge in [0.25, 0.3) is 5.91 Å². The molecule has 0 radical (unpaired) electrons. The molecule has 1 heterocycles. The molecular weight excluding hydrogens is 388 g/mol. The van der Waals surface area contributed by atoms with Gasteiger partial charge in [0.1, 0.15) is 12.3 Å². The Morgan fingerprint density at radius 3 is 2.55 bits per heavy atom. The average Bonchev–Trinajstić information content (AvgIpc) is 3.06. The topological polar surface area (TPSA) is 69.9 Å². The van der Waals surface area contributed by atoms with E-state index in [1.807, 2.05) is 24.3 Å². The highest BCUT2D eigenvalue weighted by Crippen LogP contribution is 2.18. The Kier molecular flexibility index (Phi) is 7.19. The molecular formula is C22H24N2O4S. The number of esters is 1. The predicted octanol–water partition coefficient (Wildman–Crippen LogP) is 4.19. The van der Waals surface area contributed by atoms with Gasteiger partial charge in [0.15, 0.2) is 4.80 Å². The first-order valence-electron chi connectivity index (χ1n) is 9.68. The van der Waals surface area contributed by atoms with Crippen molar-refractivity contribution in [1.82, 2.24) is 4.57 Å². The molecule has 7 heteroatoms. The molecule has 3 aromatic rings. The van der Waals surface area contributed by atoms with E-state index in [0.717, 1.165) is 28.8 Å². The zero-order valence-corrected chi connectivity index (χ0v) is 17.4. The maximum absolute atomic E-state index is 12.7. The van der Waals surface area contributed by atoms with Crippen molar-refractivity contribution in [2.75, 3.05) is 13.2 Å². The maximum atomic E-state index is 12.7. The second-order valence-corrected chi connectivity index (χ2v) is 7.40. The van der Waals surface area contributed by atoms with Crippen molar-refractivity contribution < 1.29 is 19.1 Å². The Balaban J connectivity index is 1.88. The number of thiazole rings is 1. The average molecular weight is 413 g/mol. The van der Waals surface area contributed by atoms with Gasteiger partial charge < -0.3 is 14.0 Å². The van der Waals surface area contributed by atoms with Crippen molar-refractivity contribution in [3.05, 3.63) is 58.9 Å². The van der Waals surface area contributed by atoms with Gasteiger partial charge in [-0.15, -0.1) is 0 Å². The molecule has 0 unspecified atom stereocenters. The van der Waals surface area contributed by atoms with Crippen molar-refractivity contribution >= 4 is 33.4 Å². The van der Waals surface area contributed by atoms with Gasteiger partial charge in [-0.2, -0.15) is 4.99 Å². The van der Waals surface area contributed by atoms with Crippen LogP contribution in [-0.2, 0) is 16.1 Å². The third-order valence-corrected chi connectivity index (χ3v) is 5.31. The first-order chi connectivity index (χ1) is 14.1. The highest BCUT2D eigenvalue weighted by molar-refractivity contribution is 7.16. The van der Waals surface area contributed by atoms with E-state index >= 15 is 0 Å². The lowest BCUT2D eigenvalue weighted by Crippen LogP contribution is -2.23. The number of rotatable bonds is 8. The van der Waals surface area contributed by atoms with Crippen molar-refractivity contribution in [1.29, 1.82) is 0 Å². The number of ether oxygens (including phenoxy) is 2. The molecule has 3 rings (SSSR count). The standard InChI is InChI=1S/C22H24N2O4S/c1-3-5-14-28-17-12-10-16(11-13-17)21(26)23-22-24(15-20(25)27-4-2)18-8-6-7-9-19(18)29-22/h6-13H,3-5,14-15H2,1-2H3. The van der Waals surface area contributed by atoms with E-state index in [-0.39, 0.29) is 18.4 Å². The van der Waals surface area contributed by atoms with Gasteiger partial charge >= 0.3 is 5.97 Å². The molecule has 0 spiro atoms. The third-order valence-electron chi connectivity index (χ3n) is 4.25. The predicted molar refractivity (Wildman–Crippen MR) is 113 cm³/mol. The normalized spacial score (nSPS) is 11.6. The lowest BCUT2D eigenvalue weighted by molar-refractivity contribution is -0.143. The SMILES string of the molecule is CCCCOc1ccc(C(=O)N=c2sc3ccccc3n2CC(=O)OCC)cc1. The van der Waals surface area contributed by atoms with E-state index in [4.69, 9.17) is 9.47 Å². The molecule has 2 aromatic carbocycles. The molecule has 0 saturated carbocycles. The molecule has 0 aliphatic carbocycles. The fraction of sp³-hybridized carbons (Fsp3) is 0.318. The minimum Gasteiger partial charge on any atom is -0.494 e. The number of benzene rings is 2. The van der Waals surface area contributed by atoms with E-state index < -0.39 is 0 Å².